The average Bonchev–Trinajstić information content (AvgIpc) is 2.16. The Morgan fingerprint density at radius 2 is 1.93 bits per heavy atom. The summed E-state index contributed by atoms with van der Waals surface area (Å²) in [7, 11) is 0. The van der Waals surface area contributed by atoms with Crippen LogP contribution in [0.25, 0.3) is 0 Å². The second-order valence-electron chi connectivity index (χ2n) is 3.79. The Hall–Kier alpha value is -1.15. The number of ketones is 1. The molecule has 0 unspecified atom stereocenters. The summed E-state index contributed by atoms with van der Waals surface area (Å²) in [5.41, 5.74) is 4.13. The Bertz CT molecular complexity index is 367. The number of carbonyl (C=O) groups excluding carboxylic acids is 1. The van der Waals surface area contributed by atoms with Gasteiger partial charge in [0.15, 0.2) is 5.78 Å². The van der Waals surface area contributed by atoms with E-state index in [-0.39, 0.29) is 5.78 Å². The van der Waals surface area contributed by atoms with Gasteiger partial charge in [0.25, 0.3) is 0 Å². The van der Waals surface area contributed by atoms with E-state index in [0.29, 0.717) is 13.2 Å². The minimum Gasteiger partial charge on any atom is -0.377 e. The molecule has 0 amide bonds. The smallest absolute Gasteiger partial charge is 0.160 e. The lowest BCUT2D eigenvalue weighted by Gasteiger charge is -2.10. The van der Waals surface area contributed by atoms with E-state index in [4.69, 9.17) is 4.74 Å². The summed E-state index contributed by atoms with van der Waals surface area (Å²) in [5.74, 6) is 0.116. The third-order valence-corrected chi connectivity index (χ3v) is 2.52. The molecule has 0 aromatic heterocycles. The molecule has 1 rings (SSSR count). The van der Waals surface area contributed by atoms with Gasteiger partial charge < -0.3 is 4.74 Å². The maximum atomic E-state index is 11.4. The van der Waals surface area contributed by atoms with Crippen molar-refractivity contribution in [2.75, 3.05) is 6.61 Å². The van der Waals surface area contributed by atoms with Gasteiger partial charge in [-0.1, -0.05) is 6.07 Å². The third kappa shape index (κ3) is 2.90. The highest BCUT2D eigenvalue weighted by Gasteiger charge is 2.07. The number of hydrogen-bond acceptors (Lipinski definition) is 2. The van der Waals surface area contributed by atoms with Crippen LogP contribution in [-0.2, 0) is 11.3 Å². The van der Waals surface area contributed by atoms with Gasteiger partial charge in [-0.25, -0.2) is 0 Å². The van der Waals surface area contributed by atoms with E-state index in [2.05, 4.69) is 0 Å². The van der Waals surface area contributed by atoms with E-state index >= 15 is 0 Å². The van der Waals surface area contributed by atoms with Crippen molar-refractivity contribution in [2.45, 2.75) is 34.3 Å². The van der Waals surface area contributed by atoms with E-state index in [0.717, 1.165) is 16.7 Å². The third-order valence-electron chi connectivity index (χ3n) is 2.52. The fourth-order valence-electron chi connectivity index (χ4n) is 1.64. The van der Waals surface area contributed by atoms with E-state index in [9.17, 15) is 4.79 Å². The van der Waals surface area contributed by atoms with Crippen LogP contribution in [0.4, 0.5) is 0 Å². The number of ether oxygens (including phenoxy) is 1. The minimum atomic E-state index is 0.116. The van der Waals surface area contributed by atoms with Crippen LogP contribution in [0.5, 0.6) is 0 Å². The van der Waals surface area contributed by atoms with Crippen LogP contribution < -0.4 is 0 Å². The lowest BCUT2D eigenvalue weighted by molar-refractivity contribution is 0.101. The predicted octanol–water partition coefficient (Wildman–Crippen LogP) is 3.04. The molecule has 0 bridgehead atoms. The molecule has 1 aromatic carbocycles. The Morgan fingerprint density at radius 1 is 1.27 bits per heavy atom. The first-order chi connectivity index (χ1) is 7.06. The first-order valence-electron chi connectivity index (χ1n) is 5.25. The molecule has 15 heavy (non-hydrogen) atoms. The predicted molar refractivity (Wildman–Crippen MR) is 61.3 cm³/mol. The standard InChI is InChI=1S/C13H18O2/c1-5-15-8-12-7-13(11(4)14)10(3)6-9(12)2/h6-7H,5,8H2,1-4H3. The summed E-state index contributed by atoms with van der Waals surface area (Å²) in [4.78, 5) is 11.4. The number of carbonyl (C=O) groups is 1. The van der Waals surface area contributed by atoms with E-state index < -0.39 is 0 Å². The maximum absolute atomic E-state index is 11.4. The lowest BCUT2D eigenvalue weighted by atomic mass is 9.98. The van der Waals surface area contributed by atoms with Gasteiger partial charge in [-0.2, -0.15) is 0 Å². The summed E-state index contributed by atoms with van der Waals surface area (Å²) < 4.78 is 5.36. The SMILES string of the molecule is CCOCc1cc(C(C)=O)c(C)cc1C. The molecule has 0 aliphatic rings. The molecule has 0 heterocycles. The van der Waals surface area contributed by atoms with Crippen LogP contribution in [0.3, 0.4) is 0 Å². The zero-order valence-electron chi connectivity index (χ0n) is 9.89. The van der Waals surface area contributed by atoms with Crippen molar-refractivity contribution in [3.05, 3.63) is 34.4 Å². The number of Topliss-reactive ketones (excluding diaryl/α,β-unsaturated/α-hetero) is 1. The van der Waals surface area contributed by atoms with Crippen molar-refractivity contribution < 1.29 is 9.53 Å². The molecule has 0 aliphatic heterocycles. The molecule has 0 fully saturated rings. The van der Waals surface area contributed by atoms with E-state index in [1.54, 1.807) is 6.92 Å². The van der Waals surface area contributed by atoms with Gasteiger partial charge in [0.2, 0.25) is 0 Å². The molecule has 2 nitrogen and oxygen atoms in total. The fraction of sp³-hybridized carbons (Fsp3) is 0.462. The first-order valence-corrected chi connectivity index (χ1v) is 5.25. The molecule has 0 N–H and O–H groups in total. The molecule has 0 aliphatic carbocycles. The lowest BCUT2D eigenvalue weighted by Crippen LogP contribution is -2.02. The summed E-state index contributed by atoms with van der Waals surface area (Å²) in [6.45, 7) is 8.86. The van der Waals surface area contributed by atoms with Gasteiger partial charge in [0.05, 0.1) is 6.61 Å². The van der Waals surface area contributed by atoms with Crippen LogP contribution in [0.15, 0.2) is 12.1 Å². The summed E-state index contributed by atoms with van der Waals surface area (Å²) in [6, 6.07) is 3.99. The number of hydrogen-bond donors (Lipinski definition) is 0. The van der Waals surface area contributed by atoms with E-state index in [1.807, 2.05) is 32.9 Å². The van der Waals surface area contributed by atoms with Crippen molar-refractivity contribution in [3.8, 4) is 0 Å². The Morgan fingerprint density at radius 3 is 2.47 bits per heavy atom. The van der Waals surface area contributed by atoms with Gasteiger partial charge in [0.1, 0.15) is 0 Å². The van der Waals surface area contributed by atoms with Crippen LogP contribution in [0.2, 0.25) is 0 Å². The molecule has 1 aromatic rings. The molecule has 0 saturated heterocycles. The van der Waals surface area contributed by atoms with Crippen LogP contribution in [0.1, 0.15) is 40.9 Å². The van der Waals surface area contributed by atoms with Crippen molar-refractivity contribution >= 4 is 5.78 Å². The zero-order chi connectivity index (χ0) is 11.4. The topological polar surface area (TPSA) is 26.3 Å². The first kappa shape index (κ1) is 11.9. The van der Waals surface area contributed by atoms with Crippen LogP contribution in [-0.4, -0.2) is 12.4 Å². The molecular formula is C13H18O2. The molecule has 0 radical (unpaired) electrons. The minimum absolute atomic E-state index is 0.116. The van der Waals surface area contributed by atoms with Crippen molar-refractivity contribution in [1.82, 2.24) is 0 Å². The summed E-state index contributed by atoms with van der Waals surface area (Å²) >= 11 is 0. The van der Waals surface area contributed by atoms with Crippen LogP contribution in [0, 0.1) is 13.8 Å². The van der Waals surface area contributed by atoms with Gasteiger partial charge in [-0.15, -0.1) is 0 Å². The largest absolute Gasteiger partial charge is 0.377 e. The molecule has 0 saturated carbocycles. The normalized spacial score (nSPS) is 10.4. The monoisotopic (exact) mass is 206 g/mol. The average molecular weight is 206 g/mol. The molecular weight excluding hydrogens is 188 g/mol. The van der Waals surface area contributed by atoms with Crippen molar-refractivity contribution in [2.24, 2.45) is 0 Å². The van der Waals surface area contributed by atoms with Gasteiger partial charge >= 0.3 is 0 Å². The Kier molecular flexibility index (Phi) is 4.04. The number of rotatable bonds is 4. The van der Waals surface area contributed by atoms with Crippen molar-refractivity contribution in [3.63, 3.8) is 0 Å². The maximum Gasteiger partial charge on any atom is 0.160 e. The second-order valence-corrected chi connectivity index (χ2v) is 3.79. The Labute approximate surface area is 91.3 Å². The van der Waals surface area contributed by atoms with Gasteiger partial charge in [0, 0.05) is 12.2 Å². The Balaban J connectivity index is 3.06. The van der Waals surface area contributed by atoms with Crippen molar-refractivity contribution in [1.29, 1.82) is 0 Å². The zero-order valence-corrected chi connectivity index (χ0v) is 9.89. The molecule has 82 valence electrons. The molecule has 0 spiro atoms. The van der Waals surface area contributed by atoms with E-state index in [1.165, 1.54) is 5.56 Å². The van der Waals surface area contributed by atoms with Crippen LogP contribution >= 0.6 is 0 Å². The number of benzene rings is 1. The van der Waals surface area contributed by atoms with Gasteiger partial charge in [-0.05, 0) is 50.5 Å². The second kappa shape index (κ2) is 5.08. The highest BCUT2D eigenvalue weighted by atomic mass is 16.5. The fourth-order valence-corrected chi connectivity index (χ4v) is 1.64. The quantitative estimate of drug-likeness (QED) is 0.708. The summed E-state index contributed by atoms with van der Waals surface area (Å²) in [6.07, 6.45) is 0. The molecule has 0 atom stereocenters. The van der Waals surface area contributed by atoms with Gasteiger partial charge in [-0.3, -0.25) is 4.79 Å². The highest BCUT2D eigenvalue weighted by molar-refractivity contribution is 5.95. The number of aryl methyl sites for hydroxylation is 2. The molecule has 2 heteroatoms. The summed E-state index contributed by atoms with van der Waals surface area (Å²) in [5, 5.41) is 0. The highest BCUT2D eigenvalue weighted by Crippen LogP contribution is 2.17.